The van der Waals surface area contributed by atoms with Gasteiger partial charge in [0.25, 0.3) is 0 Å². The second kappa shape index (κ2) is 9.31. The van der Waals surface area contributed by atoms with Gasteiger partial charge in [0, 0.05) is 12.3 Å². The number of amides is 2. The van der Waals surface area contributed by atoms with E-state index in [1.54, 1.807) is 5.38 Å². The summed E-state index contributed by atoms with van der Waals surface area (Å²) in [7, 11) is -1.94. The maximum absolute atomic E-state index is 12.2. The molecule has 2 aromatic rings. The fourth-order valence-electron chi connectivity index (χ4n) is 2.42. The molecule has 0 aliphatic heterocycles. The van der Waals surface area contributed by atoms with Crippen LogP contribution in [0.3, 0.4) is 0 Å². The number of rotatable bonds is 8. The van der Waals surface area contributed by atoms with E-state index >= 15 is 0 Å². The van der Waals surface area contributed by atoms with E-state index < -0.39 is 30.7 Å². The highest BCUT2D eigenvalue weighted by Gasteiger charge is 2.27. The van der Waals surface area contributed by atoms with Crippen molar-refractivity contribution in [3.63, 3.8) is 0 Å². The number of nitrogens with zero attached hydrogens (tertiary/aromatic N) is 1. The van der Waals surface area contributed by atoms with Gasteiger partial charge in [-0.2, -0.15) is 0 Å². The smallest absolute Gasteiger partial charge is 0.475 e. The van der Waals surface area contributed by atoms with Crippen LogP contribution in [0.25, 0.3) is 0 Å². The first-order valence-electron chi connectivity index (χ1n) is 8.09. The van der Waals surface area contributed by atoms with Crippen molar-refractivity contribution in [1.29, 1.82) is 0 Å². The number of benzene rings is 1. The molecule has 28 heavy (non-hydrogen) atoms. The van der Waals surface area contributed by atoms with Crippen LogP contribution >= 0.6 is 11.3 Å². The van der Waals surface area contributed by atoms with Crippen LogP contribution in [-0.2, 0) is 22.4 Å². The van der Waals surface area contributed by atoms with E-state index in [0.29, 0.717) is 10.8 Å². The molecule has 0 saturated heterocycles. The Morgan fingerprint density at radius 1 is 1.29 bits per heavy atom. The molecular weight excluding hydrogens is 389 g/mol. The molecule has 0 radical (unpaired) electrons. The summed E-state index contributed by atoms with van der Waals surface area (Å²) in [6.07, 6.45) is -0.370. The minimum atomic E-state index is -1.94. The van der Waals surface area contributed by atoms with Crippen LogP contribution in [-0.4, -0.2) is 56.1 Å². The monoisotopic (exact) mass is 407 g/mol. The van der Waals surface area contributed by atoms with Gasteiger partial charge in [-0.15, -0.1) is 11.3 Å². The summed E-state index contributed by atoms with van der Waals surface area (Å²) in [5, 5.41) is 45.0. The summed E-state index contributed by atoms with van der Waals surface area (Å²) >= 11 is 1.14. The number of aromatic hydroxyl groups is 1. The molecule has 2 rings (SSSR count). The molecule has 1 aromatic heterocycles. The van der Waals surface area contributed by atoms with Gasteiger partial charge >= 0.3 is 13.1 Å². The second-order valence-electron chi connectivity index (χ2n) is 5.91. The van der Waals surface area contributed by atoms with Gasteiger partial charge in [-0.1, -0.05) is 12.1 Å². The van der Waals surface area contributed by atoms with Crippen LogP contribution < -0.4 is 10.6 Å². The van der Waals surface area contributed by atoms with Crippen molar-refractivity contribution in [3.8, 4) is 5.75 Å². The summed E-state index contributed by atoms with van der Waals surface area (Å²) in [5.74, 6) is -3.88. The minimum absolute atomic E-state index is 0.139. The van der Waals surface area contributed by atoms with Crippen LogP contribution in [0.15, 0.2) is 23.6 Å². The Labute approximate surface area is 164 Å². The van der Waals surface area contributed by atoms with Crippen molar-refractivity contribution < 1.29 is 34.6 Å². The lowest BCUT2D eigenvalue weighted by Gasteiger charge is -2.18. The van der Waals surface area contributed by atoms with Crippen LogP contribution in [0.5, 0.6) is 5.75 Å². The summed E-state index contributed by atoms with van der Waals surface area (Å²) in [6, 6.07) is 4.03. The molecule has 1 unspecified atom stereocenters. The maximum atomic E-state index is 12.2. The highest BCUT2D eigenvalue weighted by Crippen LogP contribution is 2.24. The molecule has 1 atom stereocenters. The number of carbonyl (C=O) groups excluding carboxylic acids is 2. The number of aromatic carboxylic acids is 1. The lowest BCUT2D eigenvalue weighted by molar-refractivity contribution is -0.121. The van der Waals surface area contributed by atoms with Gasteiger partial charge in [0.05, 0.1) is 18.1 Å². The predicted molar refractivity (Wildman–Crippen MR) is 101 cm³/mol. The third-order valence-corrected chi connectivity index (χ3v) is 4.48. The number of hydrogen-bond donors (Lipinski definition) is 6. The van der Waals surface area contributed by atoms with E-state index in [-0.39, 0.29) is 29.9 Å². The summed E-state index contributed by atoms with van der Waals surface area (Å²) in [4.78, 5) is 38.3. The van der Waals surface area contributed by atoms with Crippen molar-refractivity contribution in [2.24, 2.45) is 0 Å². The van der Waals surface area contributed by atoms with Gasteiger partial charge < -0.3 is 30.9 Å². The van der Waals surface area contributed by atoms with Crippen molar-refractivity contribution in [2.75, 3.05) is 5.32 Å². The number of carboxylic acid groups (broad SMARTS) is 1. The van der Waals surface area contributed by atoms with Crippen molar-refractivity contribution in [1.82, 2.24) is 10.3 Å². The van der Waals surface area contributed by atoms with Gasteiger partial charge in [-0.05, 0) is 18.1 Å². The lowest BCUT2D eigenvalue weighted by Crippen LogP contribution is -2.48. The minimum Gasteiger partial charge on any atom is -0.507 e. The molecule has 1 heterocycles. The average molecular weight is 407 g/mol. The number of anilines is 1. The van der Waals surface area contributed by atoms with Crippen molar-refractivity contribution >= 4 is 41.4 Å². The molecular formula is C16H18BN3O7S. The first-order valence-corrected chi connectivity index (χ1v) is 8.97. The molecule has 2 amide bonds. The zero-order chi connectivity index (χ0) is 20.8. The Hall–Kier alpha value is -2.96. The number of para-hydroxylation sites is 1. The number of hydrogen-bond acceptors (Lipinski definition) is 8. The Balaban J connectivity index is 2.06. The van der Waals surface area contributed by atoms with E-state index in [0.717, 1.165) is 11.3 Å². The van der Waals surface area contributed by atoms with Gasteiger partial charge in [-0.3, -0.25) is 9.59 Å². The third-order valence-electron chi connectivity index (χ3n) is 3.67. The fourth-order valence-corrected chi connectivity index (χ4v) is 3.17. The molecule has 1 aromatic carbocycles. The lowest BCUT2D eigenvalue weighted by atomic mass is 9.75. The van der Waals surface area contributed by atoms with E-state index in [4.69, 9.17) is 5.11 Å². The Morgan fingerprint density at radius 3 is 2.61 bits per heavy atom. The van der Waals surface area contributed by atoms with Gasteiger partial charge in [0.1, 0.15) is 11.3 Å². The normalized spacial score (nSPS) is 11.5. The molecule has 6 N–H and O–H groups in total. The Bertz CT molecular complexity index is 887. The van der Waals surface area contributed by atoms with Gasteiger partial charge in [0.15, 0.2) is 5.13 Å². The summed E-state index contributed by atoms with van der Waals surface area (Å²) in [6.45, 7) is 1.33. The summed E-state index contributed by atoms with van der Waals surface area (Å²) in [5.41, 5.74) is 0.191. The molecule has 0 aliphatic rings. The Morgan fingerprint density at radius 2 is 2.00 bits per heavy atom. The van der Waals surface area contributed by atoms with Crippen LogP contribution in [0.4, 0.5) is 5.13 Å². The molecule has 0 fully saturated rings. The fraction of sp³-hybridized carbons (Fsp3) is 0.250. The van der Waals surface area contributed by atoms with Crippen LogP contribution in [0.1, 0.15) is 28.5 Å². The van der Waals surface area contributed by atoms with Crippen molar-refractivity contribution in [2.45, 2.75) is 25.7 Å². The quantitative estimate of drug-likeness (QED) is 0.327. The zero-order valence-electron chi connectivity index (χ0n) is 14.7. The standard InChI is InChI=1S/C16H18BN3O7S/c1-8(21)18-16-19-10(7-28-16)6-13(22)20-12(17(26)27)5-9-3-2-4-11(14(9)23)15(24)25/h2-4,7,12,23,26-27H,5-6H2,1H3,(H,20,22)(H,24,25)(H,18,19,21). The topological polar surface area (TPSA) is 169 Å². The first kappa shape index (κ1) is 21.3. The summed E-state index contributed by atoms with van der Waals surface area (Å²) < 4.78 is 0. The molecule has 0 bridgehead atoms. The largest absolute Gasteiger partial charge is 0.507 e. The molecule has 0 spiro atoms. The maximum Gasteiger partial charge on any atom is 0.475 e. The van der Waals surface area contributed by atoms with Crippen LogP contribution in [0, 0.1) is 0 Å². The Kier molecular flexibility index (Phi) is 7.09. The van der Waals surface area contributed by atoms with E-state index in [2.05, 4.69) is 15.6 Å². The average Bonchev–Trinajstić information content (AvgIpc) is 3.01. The van der Waals surface area contributed by atoms with E-state index in [1.165, 1.54) is 25.1 Å². The highest BCUT2D eigenvalue weighted by molar-refractivity contribution is 7.13. The third kappa shape index (κ3) is 5.77. The van der Waals surface area contributed by atoms with E-state index in [9.17, 15) is 29.5 Å². The predicted octanol–water partition coefficient (Wildman–Crippen LogP) is -0.213. The number of phenols is 1. The molecule has 0 aliphatic carbocycles. The second-order valence-corrected chi connectivity index (χ2v) is 6.77. The zero-order valence-corrected chi connectivity index (χ0v) is 15.6. The van der Waals surface area contributed by atoms with Crippen LogP contribution in [0.2, 0.25) is 0 Å². The van der Waals surface area contributed by atoms with Gasteiger partial charge in [-0.25, -0.2) is 9.78 Å². The number of thiazole rings is 1. The number of carboxylic acids is 1. The SMILES string of the molecule is CC(=O)Nc1nc(CC(=O)NC(Cc2cccc(C(=O)O)c2O)B(O)O)cs1. The van der Waals surface area contributed by atoms with Gasteiger partial charge in [0.2, 0.25) is 11.8 Å². The van der Waals surface area contributed by atoms with Crippen molar-refractivity contribution in [3.05, 3.63) is 40.4 Å². The molecule has 10 nitrogen and oxygen atoms in total. The highest BCUT2D eigenvalue weighted by atomic mass is 32.1. The molecule has 148 valence electrons. The molecule has 12 heteroatoms. The molecule has 0 saturated carbocycles. The number of nitrogens with one attached hydrogen (secondary N) is 2. The number of carbonyl (C=O) groups is 3. The first-order chi connectivity index (χ1) is 13.2. The van der Waals surface area contributed by atoms with E-state index in [1.807, 2.05) is 0 Å². The number of aromatic nitrogens is 1.